The Balaban J connectivity index is 0.000000117. The zero-order valence-corrected chi connectivity index (χ0v) is 70.9. The molecule has 8 aliphatic heterocycles. The molecular weight excluding hydrogens is 1560 g/mol. The van der Waals surface area contributed by atoms with Crippen molar-refractivity contribution in [2.45, 2.75) is 181 Å². The van der Waals surface area contributed by atoms with E-state index in [9.17, 15) is 19.2 Å². The monoisotopic (exact) mass is 1660 g/mol. The molecule has 12 aromatic heterocycles. The Kier molecular flexibility index (Phi) is 24.7. The molecule has 632 valence electrons. The number of rotatable bonds is 16. The first kappa shape index (κ1) is 82.7. The average molecular weight is 1660 g/mol. The van der Waals surface area contributed by atoms with E-state index >= 15 is 0 Å². The number of nitrogens with zero attached hydrogens (tertiary/aromatic N) is 23. The third kappa shape index (κ3) is 18.7. The second-order valence-electron chi connectivity index (χ2n) is 34.0. The molecule has 4 N–H and O–H groups in total. The fraction of sp³-hybridized carbons (Fsp3) is 0.387. The Hall–Kier alpha value is -13.6. The Morgan fingerprint density at radius 2 is 0.629 bits per heavy atom. The van der Waals surface area contributed by atoms with Crippen molar-refractivity contribution in [1.82, 2.24) is 114 Å². The van der Waals surface area contributed by atoms with Gasteiger partial charge in [0.2, 0.25) is 0 Å². The summed E-state index contributed by atoms with van der Waals surface area (Å²) in [6.45, 7) is 18.6. The first-order valence-corrected chi connectivity index (χ1v) is 42.9. The van der Waals surface area contributed by atoms with Crippen LogP contribution in [0.2, 0.25) is 0 Å². The van der Waals surface area contributed by atoms with Crippen molar-refractivity contribution in [2.75, 3.05) is 47.4 Å². The maximum absolute atomic E-state index is 13.7. The number of pyridine rings is 5. The zero-order valence-electron chi connectivity index (χ0n) is 70.9. The van der Waals surface area contributed by atoms with Crippen molar-refractivity contribution in [3.63, 3.8) is 0 Å². The third-order valence-corrected chi connectivity index (χ3v) is 24.9. The number of nitrogens with one attached hydrogen (secondary N) is 4. The molecule has 20 heterocycles. The van der Waals surface area contributed by atoms with Crippen LogP contribution >= 0.6 is 0 Å². The Morgan fingerprint density at radius 3 is 1.00 bits per heavy atom. The van der Waals surface area contributed by atoms with Crippen molar-refractivity contribution in [1.29, 1.82) is 0 Å². The van der Waals surface area contributed by atoms with E-state index in [4.69, 9.17) is 0 Å². The smallest absolute Gasteiger partial charge is 0.273 e. The summed E-state index contributed by atoms with van der Waals surface area (Å²) in [5, 5.41) is 14.1. The summed E-state index contributed by atoms with van der Waals surface area (Å²) < 4.78 is 0. The van der Waals surface area contributed by atoms with Crippen LogP contribution in [0, 0.1) is 79.1 Å². The number of hydrogen-bond donors (Lipinski definition) is 4. The van der Waals surface area contributed by atoms with Gasteiger partial charge < -0.3 is 40.9 Å². The fourth-order valence-corrected chi connectivity index (χ4v) is 19.0. The molecule has 0 aromatic carbocycles. The summed E-state index contributed by atoms with van der Waals surface area (Å²) in [6, 6.07) is 23.6. The maximum Gasteiger partial charge on any atom is 0.273 e. The summed E-state index contributed by atoms with van der Waals surface area (Å²) in [5.74, 6) is 6.89. The van der Waals surface area contributed by atoms with Gasteiger partial charge in [-0.15, -0.1) is 0 Å². The van der Waals surface area contributed by atoms with Gasteiger partial charge in [0.1, 0.15) is 46.0 Å². The molecule has 31 heteroatoms. The molecule has 12 fully saturated rings. The van der Waals surface area contributed by atoms with Gasteiger partial charge in [0.15, 0.2) is 23.3 Å². The number of fused-ring (bicyclic) bond motifs is 12. The van der Waals surface area contributed by atoms with Crippen molar-refractivity contribution < 1.29 is 19.2 Å². The molecule has 4 aliphatic carbocycles. The molecule has 0 radical (unpaired) electrons. The minimum absolute atomic E-state index is 0.00820. The highest BCUT2D eigenvalue weighted by Gasteiger charge is 2.49. The number of piperidine rings is 8. The number of hydrogen-bond acceptors (Lipinski definition) is 27. The number of anilines is 4. The maximum atomic E-state index is 13.7. The van der Waals surface area contributed by atoms with Gasteiger partial charge in [-0.1, -0.05) is 6.07 Å². The zero-order chi connectivity index (χ0) is 85.5. The van der Waals surface area contributed by atoms with E-state index in [-0.39, 0.29) is 72.0 Å². The van der Waals surface area contributed by atoms with Crippen LogP contribution in [0.15, 0.2) is 178 Å². The molecule has 12 atom stereocenters. The number of aromatic nitrogens is 19. The summed E-state index contributed by atoms with van der Waals surface area (Å²) in [4.78, 5) is 147. The van der Waals surface area contributed by atoms with E-state index in [0.29, 0.717) is 92.0 Å². The van der Waals surface area contributed by atoms with E-state index in [1.807, 2.05) is 124 Å². The van der Waals surface area contributed by atoms with Gasteiger partial charge in [-0.05, 0) is 240 Å². The third-order valence-electron chi connectivity index (χ3n) is 24.9. The fourth-order valence-electron chi connectivity index (χ4n) is 19.0. The van der Waals surface area contributed by atoms with Gasteiger partial charge in [-0.3, -0.25) is 44.1 Å². The summed E-state index contributed by atoms with van der Waals surface area (Å²) in [6.07, 6.45) is 42.0. The number of amides is 4. The van der Waals surface area contributed by atoms with Gasteiger partial charge in [0.05, 0.1) is 101 Å². The molecule has 12 aromatic rings. The largest absolute Gasteiger partial charge is 0.365 e. The van der Waals surface area contributed by atoms with E-state index in [1.165, 1.54) is 0 Å². The first-order chi connectivity index (χ1) is 60.3. The topological polar surface area (TPSA) is 374 Å². The van der Waals surface area contributed by atoms with E-state index in [0.717, 1.165) is 172 Å². The molecule has 0 spiro atoms. The average Bonchev–Trinajstić information content (AvgIpc) is 0.777. The normalized spacial score (nSPS) is 22.4. The summed E-state index contributed by atoms with van der Waals surface area (Å²) >= 11 is 0. The molecule has 8 bridgehead atoms. The highest BCUT2D eigenvalue weighted by Crippen LogP contribution is 2.43. The predicted octanol–water partition coefficient (Wildman–Crippen LogP) is 12.8. The number of carbonyl (C=O) groups excluding carboxylic acids is 4. The standard InChI is InChI=1S/C24H26N6O.3C23H25N7O/c1-15-4-7-21(27-12-15)29-19-11-17-5-6-20(19)30(14-17)24(31)22-18(10-16(2)13-28-22)23-25-8-3-9-26-23;1-14-4-6-17(21(28-14)22-24-8-3-9-25-22)23(31)30-13-16-5-7-19(30)18(10-16)29-20-12-26-15(2)11-27-20;1-14-4-6-17(22-24-8-3-9-25-22)21(28-14)23(31)30-13-16-5-7-19(30)18(10-16)29-20-12-26-15(2)11-27-20;1-14-8-17(22-24-6-3-7-25-22)21(28-10-14)23(31)30-13-16-4-5-19(30)18(9-16)29-20-12-26-15(2)11-27-20/h3-4,7-10,12-13,17,19-20H,5-6,11,14H2,1-2H3,(H,27,29);2*3-4,6,8-9,11-12,16,18-19H,5,7,10,13H2,1-2H3,(H,27,29);3,6-8,10-12,16,18-19H,4-5,9,13H2,1-2H3,(H,27,29). The lowest BCUT2D eigenvalue weighted by Gasteiger charge is -2.50. The van der Waals surface area contributed by atoms with E-state index in [2.05, 4.69) is 122 Å². The van der Waals surface area contributed by atoms with Crippen LogP contribution in [0.5, 0.6) is 0 Å². The Labute approximate surface area is 720 Å². The molecule has 4 amide bonds. The van der Waals surface area contributed by atoms with Crippen molar-refractivity contribution in [3.8, 4) is 45.7 Å². The first-order valence-electron chi connectivity index (χ1n) is 42.9. The highest BCUT2D eigenvalue weighted by atomic mass is 16.2. The number of carbonyl (C=O) groups is 4. The lowest BCUT2D eigenvalue weighted by molar-refractivity contribution is 0.0273. The van der Waals surface area contributed by atoms with Crippen LogP contribution in [-0.4, -0.2) is 212 Å². The Bertz CT molecular complexity index is 5340. The van der Waals surface area contributed by atoms with Crippen LogP contribution in [0.25, 0.3) is 45.7 Å². The van der Waals surface area contributed by atoms with Crippen LogP contribution < -0.4 is 21.3 Å². The van der Waals surface area contributed by atoms with E-state index in [1.54, 1.807) is 123 Å². The van der Waals surface area contributed by atoms with Crippen molar-refractivity contribution in [2.24, 2.45) is 23.7 Å². The molecule has 8 saturated heterocycles. The second-order valence-corrected chi connectivity index (χ2v) is 34.0. The van der Waals surface area contributed by atoms with Crippen molar-refractivity contribution in [3.05, 3.63) is 246 Å². The molecule has 12 unspecified atom stereocenters. The highest BCUT2D eigenvalue weighted by molar-refractivity contribution is 6.01. The lowest BCUT2D eigenvalue weighted by atomic mass is 9.76. The Morgan fingerprint density at radius 1 is 0.290 bits per heavy atom. The van der Waals surface area contributed by atoms with Gasteiger partial charge in [-0.25, -0.2) is 69.8 Å². The molecule has 24 rings (SSSR count). The van der Waals surface area contributed by atoms with Crippen molar-refractivity contribution >= 4 is 46.9 Å². The molecular formula is C93H101N27O4. The van der Waals surface area contributed by atoms with Crippen LogP contribution in [-0.2, 0) is 0 Å². The van der Waals surface area contributed by atoms with Gasteiger partial charge in [0.25, 0.3) is 23.6 Å². The van der Waals surface area contributed by atoms with Crippen LogP contribution in [0.4, 0.5) is 23.3 Å². The molecule has 31 nitrogen and oxygen atoms in total. The molecule has 4 saturated carbocycles. The minimum atomic E-state index is -0.0568. The van der Waals surface area contributed by atoms with Crippen LogP contribution in [0.1, 0.15) is 164 Å². The quantitative estimate of drug-likeness (QED) is 0.0698. The van der Waals surface area contributed by atoms with Gasteiger partial charge in [-0.2, -0.15) is 0 Å². The summed E-state index contributed by atoms with van der Waals surface area (Å²) in [5.41, 5.74) is 11.8. The van der Waals surface area contributed by atoms with Gasteiger partial charge in [0, 0.05) is 130 Å². The minimum Gasteiger partial charge on any atom is -0.365 e. The summed E-state index contributed by atoms with van der Waals surface area (Å²) in [7, 11) is 0. The number of aryl methyl sites for hydroxylation is 8. The van der Waals surface area contributed by atoms with Gasteiger partial charge >= 0.3 is 0 Å². The predicted molar refractivity (Wildman–Crippen MR) is 468 cm³/mol. The molecule has 12 aliphatic rings. The van der Waals surface area contributed by atoms with E-state index < -0.39 is 0 Å². The SMILES string of the molecule is Cc1ccc(NC2CC3CCC2N(C(=O)c2ncc(C)cc2-c2ncccn2)C3)nc1.Cc1cnc(C(=O)N2CC3CCC2C(Nc2cnc(C)cn2)C3)c(-c2ncccn2)c1.Cc1cnc(NC2CC3CCC2N(C(=O)c2ccc(C)nc2-c2ncccn2)C3)cn1.Cc1cnc(NC2CC3CCC2N(C(=O)c2nc(C)ccc2-c2ncccn2)C3)cn1. The molecule has 124 heavy (non-hydrogen) atoms. The van der Waals surface area contributed by atoms with Crippen LogP contribution in [0.3, 0.4) is 0 Å². The lowest BCUT2D eigenvalue weighted by Crippen LogP contribution is -2.60. The second kappa shape index (κ2) is 37.0.